The third kappa shape index (κ3) is 3.98. The first-order chi connectivity index (χ1) is 11.6. The van der Waals surface area contributed by atoms with Crippen LogP contribution in [0, 0.1) is 0 Å². The van der Waals surface area contributed by atoms with Crippen molar-refractivity contribution in [1.82, 2.24) is 15.6 Å². The number of nitrogens with zero attached hydrogens (tertiary/aromatic N) is 2. The van der Waals surface area contributed by atoms with E-state index in [-0.39, 0.29) is 18.4 Å². The van der Waals surface area contributed by atoms with Gasteiger partial charge in [-0.3, -0.25) is 14.6 Å². The number of carbonyl (C=O) groups excluding carboxylic acids is 2. The van der Waals surface area contributed by atoms with Gasteiger partial charge in [0.1, 0.15) is 0 Å². The van der Waals surface area contributed by atoms with Crippen molar-refractivity contribution in [3.8, 4) is 0 Å². The van der Waals surface area contributed by atoms with Gasteiger partial charge in [0.15, 0.2) is 0 Å². The lowest BCUT2D eigenvalue weighted by atomic mass is 10.2. The van der Waals surface area contributed by atoms with Crippen molar-refractivity contribution in [2.75, 3.05) is 11.9 Å². The SMILES string of the molecule is O=C1C=c2cc(NC(=O)CNCc3ccncc3)c(Cl)cc2=C[N]1. The van der Waals surface area contributed by atoms with Crippen LogP contribution in [0.5, 0.6) is 0 Å². The minimum atomic E-state index is -0.332. The fourth-order valence-corrected chi connectivity index (χ4v) is 2.48. The van der Waals surface area contributed by atoms with Crippen molar-refractivity contribution in [2.45, 2.75) is 6.54 Å². The van der Waals surface area contributed by atoms with Crippen LogP contribution in [0.2, 0.25) is 5.02 Å². The third-order valence-electron chi connectivity index (χ3n) is 3.42. The number of carbonyl (C=O) groups is 2. The van der Waals surface area contributed by atoms with Crippen LogP contribution in [0.4, 0.5) is 5.69 Å². The fraction of sp³-hybridized carbons (Fsp3) is 0.118. The second kappa shape index (κ2) is 7.25. The number of benzene rings is 1. The Balaban J connectivity index is 1.64. The maximum absolute atomic E-state index is 12.0. The molecule has 6 nitrogen and oxygen atoms in total. The molecule has 1 aliphatic heterocycles. The smallest absolute Gasteiger partial charge is 0.270 e. The van der Waals surface area contributed by atoms with Crippen LogP contribution in [-0.2, 0) is 16.1 Å². The Labute approximate surface area is 143 Å². The largest absolute Gasteiger partial charge is 0.324 e. The molecule has 7 heteroatoms. The molecule has 2 heterocycles. The number of rotatable bonds is 5. The maximum atomic E-state index is 12.0. The van der Waals surface area contributed by atoms with E-state index >= 15 is 0 Å². The molecule has 3 rings (SSSR count). The van der Waals surface area contributed by atoms with E-state index in [0.717, 1.165) is 10.8 Å². The van der Waals surface area contributed by atoms with Gasteiger partial charge in [0.05, 0.1) is 17.3 Å². The van der Waals surface area contributed by atoms with Crippen molar-refractivity contribution >= 4 is 41.4 Å². The van der Waals surface area contributed by atoms with Gasteiger partial charge in [0, 0.05) is 36.4 Å². The zero-order chi connectivity index (χ0) is 16.9. The number of hydrogen-bond acceptors (Lipinski definition) is 4. The number of aromatic nitrogens is 1. The quantitative estimate of drug-likeness (QED) is 0.809. The molecule has 1 aromatic heterocycles. The Morgan fingerprint density at radius 3 is 2.75 bits per heavy atom. The minimum absolute atomic E-state index is 0.139. The average Bonchev–Trinajstić information content (AvgIpc) is 2.57. The molecule has 2 amide bonds. The third-order valence-corrected chi connectivity index (χ3v) is 3.73. The monoisotopic (exact) mass is 341 g/mol. The van der Waals surface area contributed by atoms with Crippen LogP contribution >= 0.6 is 11.6 Å². The van der Waals surface area contributed by atoms with Crippen LogP contribution in [0.3, 0.4) is 0 Å². The predicted octanol–water partition coefficient (Wildman–Crippen LogP) is 0.126. The second-order valence-corrected chi connectivity index (χ2v) is 5.62. The standard InChI is InChI=1S/C17H14ClN4O2/c18-14-5-13-9-21-16(23)7-12(13)6-15(14)22-17(24)10-20-8-11-1-3-19-4-2-11/h1-7,9,20H,8,10H2,(H,22,24). The highest BCUT2D eigenvalue weighted by atomic mass is 35.5. The van der Waals surface area contributed by atoms with Gasteiger partial charge in [-0.2, -0.15) is 0 Å². The molecule has 24 heavy (non-hydrogen) atoms. The number of amides is 2. The van der Waals surface area contributed by atoms with Crippen molar-refractivity contribution in [1.29, 1.82) is 0 Å². The molecule has 0 aliphatic carbocycles. The molecule has 0 spiro atoms. The summed E-state index contributed by atoms with van der Waals surface area (Å²) in [5, 5.41) is 11.3. The summed E-state index contributed by atoms with van der Waals surface area (Å²) in [6.07, 6.45) is 6.27. The van der Waals surface area contributed by atoms with Gasteiger partial charge >= 0.3 is 0 Å². The molecule has 1 radical (unpaired) electrons. The number of halogens is 1. The first kappa shape index (κ1) is 16.2. The topological polar surface area (TPSA) is 85.2 Å². The Morgan fingerprint density at radius 2 is 1.96 bits per heavy atom. The van der Waals surface area contributed by atoms with Crippen LogP contribution in [0.1, 0.15) is 5.56 Å². The maximum Gasteiger partial charge on any atom is 0.270 e. The first-order valence-corrected chi connectivity index (χ1v) is 7.65. The zero-order valence-corrected chi connectivity index (χ0v) is 13.4. The molecule has 0 atom stereocenters. The van der Waals surface area contributed by atoms with Gasteiger partial charge < -0.3 is 10.6 Å². The number of fused-ring (bicyclic) bond motifs is 1. The summed E-state index contributed by atoms with van der Waals surface area (Å²) < 4.78 is 0. The fourth-order valence-electron chi connectivity index (χ4n) is 2.26. The summed E-state index contributed by atoms with van der Waals surface area (Å²) in [5.74, 6) is -0.553. The molecule has 0 saturated heterocycles. The van der Waals surface area contributed by atoms with E-state index in [0.29, 0.717) is 22.5 Å². The molecule has 121 valence electrons. The lowest BCUT2D eigenvalue weighted by Crippen LogP contribution is -2.34. The zero-order valence-electron chi connectivity index (χ0n) is 12.6. The van der Waals surface area contributed by atoms with Crippen molar-refractivity contribution in [2.24, 2.45) is 0 Å². The molecular formula is C17H14ClN4O2. The average molecular weight is 342 g/mol. The summed E-state index contributed by atoms with van der Waals surface area (Å²) >= 11 is 6.17. The second-order valence-electron chi connectivity index (χ2n) is 5.21. The molecule has 2 N–H and O–H groups in total. The highest BCUT2D eigenvalue weighted by molar-refractivity contribution is 6.33. The minimum Gasteiger partial charge on any atom is -0.324 e. The highest BCUT2D eigenvalue weighted by Crippen LogP contribution is 2.17. The van der Waals surface area contributed by atoms with Crippen LogP contribution in [-0.4, -0.2) is 23.3 Å². The summed E-state index contributed by atoms with van der Waals surface area (Å²) in [5.41, 5.74) is 1.50. The van der Waals surface area contributed by atoms with E-state index in [1.165, 1.54) is 12.3 Å². The van der Waals surface area contributed by atoms with Gasteiger partial charge in [-0.1, -0.05) is 11.6 Å². The molecular weight excluding hydrogens is 328 g/mol. The normalized spacial score (nSPS) is 12.5. The molecule has 0 bridgehead atoms. The Kier molecular flexibility index (Phi) is 4.88. The van der Waals surface area contributed by atoms with E-state index in [1.807, 2.05) is 12.1 Å². The summed E-state index contributed by atoms with van der Waals surface area (Å²) in [6, 6.07) is 7.09. The highest BCUT2D eigenvalue weighted by Gasteiger charge is 2.09. The predicted molar refractivity (Wildman–Crippen MR) is 91.3 cm³/mol. The number of pyridine rings is 1. The van der Waals surface area contributed by atoms with Crippen LogP contribution < -0.4 is 26.4 Å². The Hall–Kier alpha value is -2.70. The lowest BCUT2D eigenvalue weighted by molar-refractivity contribution is -0.115. The van der Waals surface area contributed by atoms with Crippen molar-refractivity contribution < 1.29 is 9.59 Å². The van der Waals surface area contributed by atoms with Crippen LogP contribution in [0.15, 0.2) is 36.7 Å². The summed E-state index contributed by atoms with van der Waals surface area (Å²) in [4.78, 5) is 27.3. The molecule has 1 aliphatic rings. The molecule has 0 fully saturated rings. The number of anilines is 1. The van der Waals surface area contributed by atoms with Crippen LogP contribution in [0.25, 0.3) is 12.3 Å². The Bertz CT molecular complexity index is 897. The van der Waals surface area contributed by atoms with E-state index in [4.69, 9.17) is 11.6 Å². The van der Waals surface area contributed by atoms with Gasteiger partial charge in [-0.25, -0.2) is 5.32 Å². The molecule has 2 aromatic rings. The van der Waals surface area contributed by atoms with Crippen molar-refractivity contribution in [3.05, 3.63) is 57.7 Å². The van der Waals surface area contributed by atoms with Gasteiger partial charge in [0.25, 0.3) is 5.91 Å². The summed E-state index contributed by atoms with van der Waals surface area (Å²) in [6.45, 7) is 0.701. The number of nitrogens with one attached hydrogen (secondary N) is 2. The first-order valence-electron chi connectivity index (χ1n) is 7.27. The van der Waals surface area contributed by atoms with E-state index in [2.05, 4.69) is 20.9 Å². The molecule has 0 unspecified atom stereocenters. The number of hydrogen-bond donors (Lipinski definition) is 2. The van der Waals surface area contributed by atoms with Gasteiger partial charge in [-0.05, 0) is 35.0 Å². The molecule has 1 aromatic carbocycles. The molecule has 0 saturated carbocycles. The van der Waals surface area contributed by atoms with E-state index in [1.54, 1.807) is 24.5 Å². The lowest BCUT2D eigenvalue weighted by Gasteiger charge is -2.10. The van der Waals surface area contributed by atoms with Gasteiger partial charge in [0.2, 0.25) is 5.91 Å². The van der Waals surface area contributed by atoms with Gasteiger partial charge in [-0.15, -0.1) is 0 Å². The van der Waals surface area contributed by atoms with Crippen molar-refractivity contribution in [3.63, 3.8) is 0 Å². The van der Waals surface area contributed by atoms with E-state index < -0.39 is 0 Å². The van der Waals surface area contributed by atoms with E-state index in [9.17, 15) is 9.59 Å². The Morgan fingerprint density at radius 1 is 1.17 bits per heavy atom. The summed E-state index contributed by atoms with van der Waals surface area (Å²) in [7, 11) is 0.